The Morgan fingerprint density at radius 3 is 2.75 bits per heavy atom. The fourth-order valence-corrected chi connectivity index (χ4v) is 3.03. The van der Waals surface area contributed by atoms with Gasteiger partial charge in [-0.15, -0.1) is 0 Å². The summed E-state index contributed by atoms with van der Waals surface area (Å²) >= 11 is 0. The van der Waals surface area contributed by atoms with Crippen molar-refractivity contribution in [3.05, 3.63) is 0 Å². The van der Waals surface area contributed by atoms with Crippen LogP contribution in [0, 0.1) is 0 Å². The van der Waals surface area contributed by atoms with E-state index in [2.05, 4.69) is 4.90 Å². The van der Waals surface area contributed by atoms with Gasteiger partial charge in [-0.05, 0) is 39.2 Å². The second-order valence-electron chi connectivity index (χ2n) is 5.18. The first-order valence-electron chi connectivity index (χ1n) is 6.28. The molecular weight excluding hydrogens is 204 g/mol. The Bertz CT molecular complexity index is 268. The minimum atomic E-state index is -0.264. The number of carbonyl (C=O) groups excluding carboxylic acids is 1. The lowest BCUT2D eigenvalue weighted by Gasteiger charge is -2.29. The van der Waals surface area contributed by atoms with Crippen LogP contribution in [0.3, 0.4) is 0 Å². The molecule has 4 nitrogen and oxygen atoms in total. The zero-order chi connectivity index (χ0) is 11.7. The van der Waals surface area contributed by atoms with Crippen molar-refractivity contribution in [2.75, 3.05) is 20.1 Å². The first-order chi connectivity index (χ1) is 7.59. The van der Waals surface area contributed by atoms with Crippen LogP contribution in [0.25, 0.3) is 0 Å². The predicted molar refractivity (Wildman–Crippen MR) is 62.1 cm³/mol. The summed E-state index contributed by atoms with van der Waals surface area (Å²) in [7, 11) is 1.88. The van der Waals surface area contributed by atoms with Crippen LogP contribution in [0.1, 0.15) is 32.6 Å². The van der Waals surface area contributed by atoms with Gasteiger partial charge in [-0.2, -0.15) is 0 Å². The SMILES string of the molecule is CC(O)CC1CCCN1C1CCN(C)C1=O. The van der Waals surface area contributed by atoms with Gasteiger partial charge in [0.25, 0.3) is 0 Å². The number of amides is 1. The summed E-state index contributed by atoms with van der Waals surface area (Å²) in [6.07, 6.45) is 3.77. The van der Waals surface area contributed by atoms with Crippen molar-refractivity contribution in [2.45, 2.75) is 50.8 Å². The molecule has 0 aromatic rings. The van der Waals surface area contributed by atoms with E-state index in [1.807, 2.05) is 18.9 Å². The van der Waals surface area contributed by atoms with Gasteiger partial charge in [0.05, 0.1) is 12.1 Å². The molecule has 92 valence electrons. The number of nitrogens with zero attached hydrogens (tertiary/aromatic N) is 2. The number of hydrogen-bond acceptors (Lipinski definition) is 3. The van der Waals surface area contributed by atoms with Gasteiger partial charge in [0.15, 0.2) is 0 Å². The summed E-state index contributed by atoms with van der Waals surface area (Å²) < 4.78 is 0. The molecule has 2 saturated heterocycles. The van der Waals surface area contributed by atoms with E-state index in [4.69, 9.17) is 0 Å². The van der Waals surface area contributed by atoms with E-state index in [0.717, 1.165) is 38.8 Å². The third kappa shape index (κ3) is 2.23. The summed E-state index contributed by atoms with van der Waals surface area (Å²) in [5.74, 6) is 0.262. The summed E-state index contributed by atoms with van der Waals surface area (Å²) in [6.45, 7) is 3.72. The molecule has 2 rings (SSSR count). The lowest BCUT2D eigenvalue weighted by atomic mass is 10.1. The van der Waals surface area contributed by atoms with Gasteiger partial charge in [0.1, 0.15) is 0 Å². The second-order valence-corrected chi connectivity index (χ2v) is 5.18. The van der Waals surface area contributed by atoms with Crippen LogP contribution >= 0.6 is 0 Å². The molecule has 2 aliphatic heterocycles. The average Bonchev–Trinajstić information content (AvgIpc) is 2.76. The van der Waals surface area contributed by atoms with Crippen LogP contribution in [-0.2, 0) is 4.79 Å². The van der Waals surface area contributed by atoms with Crippen molar-refractivity contribution in [1.29, 1.82) is 0 Å². The van der Waals surface area contributed by atoms with Crippen molar-refractivity contribution >= 4 is 5.91 Å². The Morgan fingerprint density at radius 2 is 2.19 bits per heavy atom. The molecule has 0 saturated carbocycles. The third-order valence-corrected chi connectivity index (χ3v) is 3.84. The Kier molecular flexibility index (Phi) is 3.50. The zero-order valence-corrected chi connectivity index (χ0v) is 10.2. The van der Waals surface area contributed by atoms with Crippen LogP contribution in [0.5, 0.6) is 0 Å². The molecule has 0 radical (unpaired) electrons. The number of aliphatic hydroxyl groups excluding tert-OH is 1. The van der Waals surface area contributed by atoms with Crippen molar-refractivity contribution in [3.8, 4) is 0 Å². The molecule has 0 aromatic heterocycles. The molecule has 0 aromatic carbocycles. The highest BCUT2D eigenvalue weighted by Crippen LogP contribution is 2.28. The smallest absolute Gasteiger partial charge is 0.239 e. The molecule has 2 aliphatic rings. The van der Waals surface area contributed by atoms with E-state index >= 15 is 0 Å². The highest BCUT2D eigenvalue weighted by Gasteiger charge is 2.39. The topological polar surface area (TPSA) is 43.8 Å². The maximum atomic E-state index is 11.9. The van der Waals surface area contributed by atoms with E-state index < -0.39 is 0 Å². The number of likely N-dealkylation sites (N-methyl/N-ethyl adjacent to an activating group) is 1. The van der Waals surface area contributed by atoms with Crippen molar-refractivity contribution in [3.63, 3.8) is 0 Å². The van der Waals surface area contributed by atoms with Crippen molar-refractivity contribution in [1.82, 2.24) is 9.80 Å². The average molecular weight is 226 g/mol. The number of aliphatic hydroxyl groups is 1. The number of carbonyl (C=O) groups is 1. The normalized spacial score (nSPS) is 33.7. The van der Waals surface area contributed by atoms with E-state index in [9.17, 15) is 9.90 Å². The molecule has 16 heavy (non-hydrogen) atoms. The molecule has 1 amide bonds. The van der Waals surface area contributed by atoms with Gasteiger partial charge in [0, 0.05) is 19.6 Å². The Labute approximate surface area is 97.2 Å². The maximum absolute atomic E-state index is 11.9. The van der Waals surface area contributed by atoms with Gasteiger partial charge in [0.2, 0.25) is 5.91 Å². The van der Waals surface area contributed by atoms with Gasteiger partial charge >= 0.3 is 0 Å². The van der Waals surface area contributed by atoms with Crippen LogP contribution in [0.15, 0.2) is 0 Å². The fraction of sp³-hybridized carbons (Fsp3) is 0.917. The first kappa shape index (κ1) is 11.9. The lowest BCUT2D eigenvalue weighted by Crippen LogP contribution is -2.44. The highest BCUT2D eigenvalue weighted by molar-refractivity contribution is 5.83. The molecule has 1 N–H and O–H groups in total. The van der Waals surface area contributed by atoms with Crippen LogP contribution in [0.2, 0.25) is 0 Å². The molecule has 2 heterocycles. The Morgan fingerprint density at radius 1 is 1.44 bits per heavy atom. The molecule has 0 aliphatic carbocycles. The van der Waals surface area contributed by atoms with E-state index in [1.54, 1.807) is 0 Å². The predicted octanol–water partition coefficient (Wildman–Crippen LogP) is 0.452. The zero-order valence-electron chi connectivity index (χ0n) is 10.2. The maximum Gasteiger partial charge on any atom is 0.239 e. The fourth-order valence-electron chi connectivity index (χ4n) is 3.03. The quantitative estimate of drug-likeness (QED) is 0.760. The van der Waals surface area contributed by atoms with Crippen LogP contribution in [-0.4, -0.2) is 59.1 Å². The third-order valence-electron chi connectivity index (χ3n) is 3.84. The number of hydrogen-bond donors (Lipinski definition) is 1. The lowest BCUT2D eigenvalue weighted by molar-refractivity contribution is -0.131. The summed E-state index contributed by atoms with van der Waals surface area (Å²) in [4.78, 5) is 16.1. The van der Waals surface area contributed by atoms with Crippen molar-refractivity contribution in [2.24, 2.45) is 0 Å². The van der Waals surface area contributed by atoms with E-state index in [0.29, 0.717) is 6.04 Å². The first-order valence-corrected chi connectivity index (χ1v) is 6.28. The van der Waals surface area contributed by atoms with Gasteiger partial charge in [-0.25, -0.2) is 0 Å². The highest BCUT2D eigenvalue weighted by atomic mass is 16.3. The molecule has 2 fully saturated rings. The molecule has 3 unspecified atom stereocenters. The van der Waals surface area contributed by atoms with E-state index in [1.165, 1.54) is 0 Å². The summed E-state index contributed by atoms with van der Waals surface area (Å²) in [5.41, 5.74) is 0. The standard InChI is InChI=1S/C12H22N2O2/c1-9(15)8-10-4-3-6-14(10)11-5-7-13(2)12(11)16/h9-11,15H,3-8H2,1-2H3. The molecule has 4 heteroatoms. The number of rotatable bonds is 3. The second kappa shape index (κ2) is 4.72. The Balaban J connectivity index is 2.00. The molecule has 3 atom stereocenters. The van der Waals surface area contributed by atoms with Gasteiger partial charge in [-0.1, -0.05) is 0 Å². The minimum Gasteiger partial charge on any atom is -0.393 e. The summed E-state index contributed by atoms with van der Waals surface area (Å²) in [5, 5.41) is 9.47. The Hall–Kier alpha value is -0.610. The molecule has 0 spiro atoms. The van der Waals surface area contributed by atoms with Crippen molar-refractivity contribution < 1.29 is 9.90 Å². The van der Waals surface area contributed by atoms with Gasteiger partial charge in [-0.3, -0.25) is 9.69 Å². The van der Waals surface area contributed by atoms with Gasteiger partial charge < -0.3 is 10.0 Å². The number of likely N-dealkylation sites (tertiary alicyclic amines) is 2. The largest absolute Gasteiger partial charge is 0.393 e. The summed E-state index contributed by atoms with van der Waals surface area (Å²) in [6, 6.07) is 0.483. The monoisotopic (exact) mass is 226 g/mol. The molecule has 0 bridgehead atoms. The molecular formula is C12H22N2O2. The minimum absolute atomic E-state index is 0.0799. The van der Waals surface area contributed by atoms with Crippen LogP contribution in [0.4, 0.5) is 0 Å². The van der Waals surface area contributed by atoms with Crippen LogP contribution < -0.4 is 0 Å². The van der Waals surface area contributed by atoms with E-state index in [-0.39, 0.29) is 18.1 Å².